The summed E-state index contributed by atoms with van der Waals surface area (Å²) in [5.74, 6) is 1.60. The average molecular weight is 405 g/mol. The predicted molar refractivity (Wildman–Crippen MR) is 107 cm³/mol. The summed E-state index contributed by atoms with van der Waals surface area (Å²) in [6, 6.07) is 13.1. The molecule has 1 aliphatic heterocycles. The van der Waals surface area contributed by atoms with Crippen molar-refractivity contribution in [3.8, 4) is 6.07 Å². The van der Waals surface area contributed by atoms with Gasteiger partial charge in [-0.05, 0) is 49.2 Å². The minimum atomic E-state index is -3.62. The van der Waals surface area contributed by atoms with Crippen molar-refractivity contribution in [2.24, 2.45) is 0 Å². The molecule has 1 fully saturated rings. The van der Waals surface area contributed by atoms with E-state index in [0.717, 1.165) is 27.5 Å². The molecule has 3 rings (SSSR count). The van der Waals surface area contributed by atoms with Gasteiger partial charge in [-0.2, -0.15) is 21.3 Å². The maximum Gasteiger partial charge on any atom is 0.244 e. The van der Waals surface area contributed by atoms with Crippen LogP contribution in [0.2, 0.25) is 0 Å². The lowest BCUT2D eigenvalue weighted by molar-refractivity contribution is 0.442. The fourth-order valence-corrected chi connectivity index (χ4v) is 6.85. The molecule has 26 heavy (non-hydrogen) atoms. The van der Waals surface area contributed by atoms with Crippen molar-refractivity contribution < 1.29 is 8.42 Å². The molecule has 4 nitrogen and oxygen atoms in total. The van der Waals surface area contributed by atoms with E-state index in [1.165, 1.54) is 22.1 Å². The number of rotatable bonds is 4. The van der Waals surface area contributed by atoms with Gasteiger partial charge < -0.3 is 0 Å². The third kappa shape index (κ3) is 4.09. The van der Waals surface area contributed by atoms with Crippen LogP contribution < -0.4 is 0 Å². The number of hydrogen-bond donors (Lipinski definition) is 0. The second-order valence-electron chi connectivity index (χ2n) is 6.16. The minimum Gasteiger partial charge on any atom is -0.207 e. The Kier molecular flexibility index (Phi) is 5.98. The first kappa shape index (κ1) is 19.3. The first-order valence-corrected chi connectivity index (χ1v) is 11.7. The van der Waals surface area contributed by atoms with Gasteiger partial charge in [0.25, 0.3) is 0 Å². The molecular weight excluding hydrogens is 384 g/mol. The van der Waals surface area contributed by atoms with E-state index in [1.807, 2.05) is 26.0 Å². The van der Waals surface area contributed by atoms with Gasteiger partial charge in [-0.3, -0.25) is 0 Å². The lowest BCUT2D eigenvalue weighted by Gasteiger charge is -2.26. The summed E-state index contributed by atoms with van der Waals surface area (Å²) < 4.78 is 28.0. The predicted octanol–water partition coefficient (Wildman–Crippen LogP) is 4.06. The van der Waals surface area contributed by atoms with Crippen LogP contribution in [0.1, 0.15) is 16.7 Å². The molecule has 0 unspecified atom stereocenters. The van der Waals surface area contributed by atoms with Gasteiger partial charge in [-0.1, -0.05) is 23.9 Å². The molecule has 0 saturated carbocycles. The number of sulfonamides is 1. The van der Waals surface area contributed by atoms with Crippen molar-refractivity contribution in [2.45, 2.75) is 28.5 Å². The van der Waals surface area contributed by atoms with E-state index in [-0.39, 0.29) is 4.90 Å². The summed E-state index contributed by atoms with van der Waals surface area (Å²) in [7, 11) is -3.62. The van der Waals surface area contributed by atoms with Crippen LogP contribution in [0, 0.1) is 25.2 Å². The van der Waals surface area contributed by atoms with E-state index in [4.69, 9.17) is 0 Å². The number of aryl methyl sites for hydroxylation is 2. The highest BCUT2D eigenvalue weighted by molar-refractivity contribution is 8.00. The minimum absolute atomic E-state index is 0.231. The maximum absolute atomic E-state index is 13.2. The highest BCUT2D eigenvalue weighted by Gasteiger charge is 2.29. The third-order valence-corrected chi connectivity index (χ3v) is 8.47. The first-order chi connectivity index (χ1) is 12.4. The van der Waals surface area contributed by atoms with E-state index in [0.29, 0.717) is 23.5 Å². The lowest BCUT2D eigenvalue weighted by Crippen LogP contribution is -2.38. The third-order valence-electron chi connectivity index (χ3n) is 4.22. The van der Waals surface area contributed by atoms with Crippen LogP contribution >= 0.6 is 23.5 Å². The number of hydrogen-bond acceptors (Lipinski definition) is 5. The maximum atomic E-state index is 13.2. The average Bonchev–Trinajstić information content (AvgIpc) is 2.65. The van der Waals surface area contributed by atoms with E-state index in [1.54, 1.807) is 23.9 Å². The molecule has 0 aliphatic carbocycles. The van der Waals surface area contributed by atoms with Crippen LogP contribution in [0.25, 0.3) is 0 Å². The molecule has 136 valence electrons. The van der Waals surface area contributed by atoms with Crippen molar-refractivity contribution in [1.82, 2.24) is 4.31 Å². The number of nitrogens with zero attached hydrogens (tertiary/aromatic N) is 2. The molecule has 1 heterocycles. The Morgan fingerprint density at radius 3 is 2.50 bits per heavy atom. The molecule has 0 aromatic heterocycles. The molecule has 0 radical (unpaired) electrons. The second kappa shape index (κ2) is 8.05. The zero-order valence-corrected chi connectivity index (χ0v) is 17.2. The highest BCUT2D eigenvalue weighted by atomic mass is 32.2. The summed E-state index contributed by atoms with van der Waals surface area (Å²) in [4.78, 5) is 1.92. The zero-order valence-electron chi connectivity index (χ0n) is 14.7. The standard InChI is InChI=1S/C19H20N2O2S3/c1-14-3-4-15(2)18(11-14)25-17-6-5-16(13-20)12-19(17)26(22,23)21-7-9-24-10-8-21/h3-6,11-12H,7-10H2,1-2H3. The number of thioether (sulfide) groups is 1. The SMILES string of the molecule is Cc1ccc(C)c(Sc2ccc(C#N)cc2S(=O)(=O)N2CCSCC2)c1. The monoisotopic (exact) mass is 404 g/mol. The molecule has 1 aliphatic rings. The Morgan fingerprint density at radius 1 is 1.08 bits per heavy atom. The van der Waals surface area contributed by atoms with E-state index >= 15 is 0 Å². The van der Waals surface area contributed by atoms with Crippen LogP contribution in [-0.4, -0.2) is 37.3 Å². The zero-order chi connectivity index (χ0) is 18.7. The van der Waals surface area contributed by atoms with Gasteiger partial charge in [0.1, 0.15) is 0 Å². The largest absolute Gasteiger partial charge is 0.244 e. The van der Waals surface area contributed by atoms with Crippen LogP contribution in [0.5, 0.6) is 0 Å². The van der Waals surface area contributed by atoms with E-state index < -0.39 is 10.0 Å². The summed E-state index contributed by atoms with van der Waals surface area (Å²) in [6.07, 6.45) is 0. The molecule has 0 amide bonds. The van der Waals surface area contributed by atoms with Gasteiger partial charge in [0.05, 0.1) is 16.5 Å². The topological polar surface area (TPSA) is 61.2 Å². The summed E-state index contributed by atoms with van der Waals surface area (Å²) in [5, 5.41) is 9.23. The molecular formula is C19H20N2O2S3. The fraction of sp³-hybridized carbons (Fsp3) is 0.316. The Morgan fingerprint density at radius 2 is 1.81 bits per heavy atom. The molecule has 0 N–H and O–H groups in total. The molecule has 7 heteroatoms. The van der Waals surface area contributed by atoms with Crippen LogP contribution in [0.15, 0.2) is 51.1 Å². The van der Waals surface area contributed by atoms with Gasteiger partial charge in [0, 0.05) is 34.4 Å². The number of nitriles is 1. The van der Waals surface area contributed by atoms with Crippen LogP contribution in [-0.2, 0) is 10.0 Å². The van der Waals surface area contributed by atoms with E-state index in [9.17, 15) is 13.7 Å². The quantitative estimate of drug-likeness (QED) is 0.769. The molecule has 0 bridgehead atoms. The van der Waals surface area contributed by atoms with Gasteiger partial charge in [0.2, 0.25) is 10.0 Å². The molecule has 0 atom stereocenters. The Balaban J connectivity index is 2.06. The van der Waals surface area contributed by atoms with Crippen molar-refractivity contribution in [2.75, 3.05) is 24.6 Å². The molecule has 1 saturated heterocycles. The number of benzene rings is 2. The van der Waals surface area contributed by atoms with E-state index in [2.05, 4.69) is 12.1 Å². The highest BCUT2D eigenvalue weighted by Crippen LogP contribution is 2.37. The molecule has 2 aromatic rings. The summed E-state index contributed by atoms with van der Waals surface area (Å²) in [5.41, 5.74) is 2.59. The molecule has 2 aromatic carbocycles. The Bertz CT molecular complexity index is 959. The van der Waals surface area contributed by atoms with Gasteiger partial charge in [-0.25, -0.2) is 8.42 Å². The van der Waals surface area contributed by atoms with Crippen molar-refractivity contribution >= 4 is 33.5 Å². The Hall–Kier alpha value is -1.46. The second-order valence-corrected chi connectivity index (χ2v) is 10.4. The fourth-order valence-electron chi connectivity index (χ4n) is 2.73. The van der Waals surface area contributed by atoms with Crippen molar-refractivity contribution in [1.29, 1.82) is 5.26 Å². The molecule has 0 spiro atoms. The van der Waals surface area contributed by atoms with Crippen LogP contribution in [0.4, 0.5) is 0 Å². The normalized spacial score (nSPS) is 15.6. The van der Waals surface area contributed by atoms with Gasteiger partial charge >= 0.3 is 0 Å². The van der Waals surface area contributed by atoms with Gasteiger partial charge in [-0.15, -0.1) is 0 Å². The lowest BCUT2D eigenvalue weighted by atomic mass is 10.2. The summed E-state index contributed by atoms with van der Waals surface area (Å²) in [6.45, 7) is 5.06. The smallest absolute Gasteiger partial charge is 0.207 e. The van der Waals surface area contributed by atoms with Crippen molar-refractivity contribution in [3.05, 3.63) is 53.1 Å². The Labute approximate surface area is 163 Å². The van der Waals surface area contributed by atoms with Gasteiger partial charge in [0.15, 0.2) is 0 Å². The summed E-state index contributed by atoms with van der Waals surface area (Å²) >= 11 is 3.21. The first-order valence-electron chi connectivity index (χ1n) is 8.29. The van der Waals surface area contributed by atoms with Crippen molar-refractivity contribution in [3.63, 3.8) is 0 Å². The van der Waals surface area contributed by atoms with Crippen LogP contribution in [0.3, 0.4) is 0 Å².